The van der Waals surface area contributed by atoms with Crippen molar-refractivity contribution < 1.29 is 9.18 Å². The van der Waals surface area contributed by atoms with Gasteiger partial charge in [0.2, 0.25) is 5.91 Å². The average Bonchev–Trinajstić information content (AvgIpc) is 3.19. The molecule has 25 heavy (non-hydrogen) atoms. The molecule has 132 valence electrons. The smallest absolute Gasteiger partial charge is 0.242 e. The number of aromatic amines is 1. The molecule has 0 saturated heterocycles. The van der Waals surface area contributed by atoms with Crippen molar-refractivity contribution >= 4 is 16.9 Å². The summed E-state index contributed by atoms with van der Waals surface area (Å²) in [5.74, 6) is 1.50. The predicted octanol–water partition coefficient (Wildman–Crippen LogP) is 2.94. The summed E-state index contributed by atoms with van der Waals surface area (Å²) in [4.78, 5) is 24.2. The summed E-state index contributed by atoms with van der Waals surface area (Å²) >= 11 is 0. The van der Waals surface area contributed by atoms with E-state index in [0.717, 1.165) is 17.2 Å². The van der Waals surface area contributed by atoms with E-state index in [4.69, 9.17) is 0 Å². The maximum absolute atomic E-state index is 13.2. The maximum Gasteiger partial charge on any atom is 0.242 e. The van der Waals surface area contributed by atoms with Gasteiger partial charge in [0, 0.05) is 31.3 Å². The zero-order chi connectivity index (χ0) is 18.0. The second-order valence-electron chi connectivity index (χ2n) is 6.41. The Hall–Kier alpha value is -2.70. The summed E-state index contributed by atoms with van der Waals surface area (Å²) in [7, 11) is 0. The fourth-order valence-electron chi connectivity index (χ4n) is 2.83. The van der Waals surface area contributed by atoms with Gasteiger partial charge in [-0.05, 0) is 25.1 Å². The molecule has 3 rings (SSSR count). The van der Waals surface area contributed by atoms with Crippen LogP contribution in [0.3, 0.4) is 0 Å². The van der Waals surface area contributed by atoms with Crippen LogP contribution in [0.2, 0.25) is 0 Å². The third kappa shape index (κ3) is 3.70. The Morgan fingerprint density at radius 1 is 1.36 bits per heavy atom. The van der Waals surface area contributed by atoms with Crippen molar-refractivity contribution in [3.8, 4) is 0 Å². The van der Waals surface area contributed by atoms with Gasteiger partial charge in [-0.1, -0.05) is 13.8 Å². The van der Waals surface area contributed by atoms with Gasteiger partial charge in [0.05, 0.1) is 11.0 Å². The summed E-state index contributed by atoms with van der Waals surface area (Å²) in [5, 5.41) is 2.92. The Morgan fingerprint density at radius 3 is 2.92 bits per heavy atom. The third-order valence-electron chi connectivity index (χ3n) is 4.17. The molecule has 2 heterocycles. The lowest BCUT2D eigenvalue weighted by atomic mass is 10.2. The number of nitrogens with one attached hydrogen (secondary N) is 2. The molecule has 7 heteroatoms. The number of halogens is 1. The zero-order valence-electron chi connectivity index (χ0n) is 14.6. The van der Waals surface area contributed by atoms with Crippen LogP contribution in [-0.4, -0.2) is 32.0 Å². The van der Waals surface area contributed by atoms with Gasteiger partial charge in [0.25, 0.3) is 0 Å². The third-order valence-corrected chi connectivity index (χ3v) is 4.17. The van der Waals surface area contributed by atoms with Crippen LogP contribution in [0.25, 0.3) is 11.0 Å². The summed E-state index contributed by atoms with van der Waals surface area (Å²) in [5.41, 5.74) is 1.38. The molecule has 1 atom stereocenters. The van der Waals surface area contributed by atoms with Crippen molar-refractivity contribution in [3.05, 3.63) is 48.1 Å². The van der Waals surface area contributed by atoms with E-state index in [1.165, 1.54) is 12.1 Å². The van der Waals surface area contributed by atoms with Gasteiger partial charge in [0.1, 0.15) is 23.5 Å². The molecule has 0 saturated carbocycles. The number of rotatable bonds is 6. The molecule has 0 spiro atoms. The normalized spacial score (nSPS) is 12.7. The quantitative estimate of drug-likeness (QED) is 0.722. The van der Waals surface area contributed by atoms with Gasteiger partial charge in [-0.25, -0.2) is 14.4 Å². The first-order chi connectivity index (χ1) is 12.0. The fourth-order valence-corrected chi connectivity index (χ4v) is 2.83. The SMILES string of the molecule is CC(C)c1nccn1[C@H](C)C(=O)NCCc1nc2ccc(F)cc2[nH]1. The first-order valence-electron chi connectivity index (χ1n) is 8.40. The van der Waals surface area contributed by atoms with E-state index in [2.05, 4.69) is 20.3 Å². The first kappa shape index (κ1) is 17.1. The second-order valence-corrected chi connectivity index (χ2v) is 6.41. The molecule has 0 radical (unpaired) electrons. The Labute approximate surface area is 145 Å². The van der Waals surface area contributed by atoms with E-state index in [9.17, 15) is 9.18 Å². The minimum absolute atomic E-state index is 0.0675. The van der Waals surface area contributed by atoms with Gasteiger partial charge in [0.15, 0.2) is 0 Å². The molecule has 1 aromatic carbocycles. The summed E-state index contributed by atoms with van der Waals surface area (Å²) in [6.07, 6.45) is 4.09. The molecule has 0 aliphatic heterocycles. The zero-order valence-corrected chi connectivity index (χ0v) is 14.6. The van der Waals surface area contributed by atoms with Crippen LogP contribution in [0.4, 0.5) is 4.39 Å². The Bertz CT molecular complexity index is 883. The Morgan fingerprint density at radius 2 is 2.16 bits per heavy atom. The Kier molecular flexibility index (Phi) is 4.83. The van der Waals surface area contributed by atoms with Crippen LogP contribution < -0.4 is 5.32 Å². The fraction of sp³-hybridized carbons (Fsp3) is 0.389. The van der Waals surface area contributed by atoms with Crippen LogP contribution in [0.5, 0.6) is 0 Å². The first-order valence-corrected chi connectivity index (χ1v) is 8.40. The lowest BCUT2D eigenvalue weighted by Crippen LogP contribution is -2.33. The molecule has 0 aliphatic rings. The molecule has 0 aliphatic carbocycles. The van der Waals surface area contributed by atoms with Crippen LogP contribution in [0, 0.1) is 5.82 Å². The molecular formula is C18H22FN5O. The molecular weight excluding hydrogens is 321 g/mol. The number of hydrogen-bond donors (Lipinski definition) is 2. The van der Waals surface area contributed by atoms with Crippen molar-refractivity contribution in [2.24, 2.45) is 0 Å². The van der Waals surface area contributed by atoms with E-state index < -0.39 is 0 Å². The summed E-state index contributed by atoms with van der Waals surface area (Å²) in [6, 6.07) is 4.11. The van der Waals surface area contributed by atoms with Crippen LogP contribution in [0.1, 0.15) is 44.4 Å². The van der Waals surface area contributed by atoms with Crippen LogP contribution in [-0.2, 0) is 11.2 Å². The van der Waals surface area contributed by atoms with Gasteiger partial charge in [-0.15, -0.1) is 0 Å². The Balaban J connectivity index is 1.59. The number of carbonyl (C=O) groups is 1. The van der Waals surface area contributed by atoms with Crippen LogP contribution in [0.15, 0.2) is 30.6 Å². The molecule has 0 fully saturated rings. The van der Waals surface area contributed by atoms with Crippen molar-refractivity contribution in [3.63, 3.8) is 0 Å². The minimum atomic E-state index is -0.329. The van der Waals surface area contributed by atoms with E-state index in [0.29, 0.717) is 18.5 Å². The highest BCUT2D eigenvalue weighted by molar-refractivity contribution is 5.80. The van der Waals surface area contributed by atoms with E-state index >= 15 is 0 Å². The van der Waals surface area contributed by atoms with Gasteiger partial charge in [-0.2, -0.15) is 0 Å². The van der Waals surface area contributed by atoms with Gasteiger partial charge >= 0.3 is 0 Å². The molecule has 0 unspecified atom stereocenters. The monoisotopic (exact) mass is 343 g/mol. The van der Waals surface area contributed by atoms with Crippen molar-refractivity contribution in [2.75, 3.05) is 6.54 Å². The van der Waals surface area contributed by atoms with E-state index in [1.807, 2.05) is 31.5 Å². The lowest BCUT2D eigenvalue weighted by molar-refractivity contribution is -0.123. The summed E-state index contributed by atoms with van der Waals surface area (Å²) < 4.78 is 15.1. The number of carbonyl (C=O) groups excluding carboxylic acids is 1. The molecule has 3 aromatic rings. The van der Waals surface area contributed by atoms with Crippen molar-refractivity contribution in [1.82, 2.24) is 24.8 Å². The van der Waals surface area contributed by atoms with Crippen molar-refractivity contribution in [2.45, 2.75) is 39.2 Å². The van der Waals surface area contributed by atoms with Crippen molar-refractivity contribution in [1.29, 1.82) is 0 Å². The molecule has 6 nitrogen and oxygen atoms in total. The summed E-state index contributed by atoms with van der Waals surface area (Å²) in [6.45, 7) is 6.41. The highest BCUT2D eigenvalue weighted by atomic mass is 19.1. The van der Waals surface area contributed by atoms with Gasteiger partial charge < -0.3 is 14.9 Å². The average molecular weight is 343 g/mol. The number of amides is 1. The number of imidazole rings is 2. The number of fused-ring (bicyclic) bond motifs is 1. The van der Waals surface area contributed by atoms with E-state index in [-0.39, 0.29) is 23.7 Å². The standard InChI is InChI=1S/C18H22FN5O/c1-11(2)17-20-8-9-24(17)12(3)18(25)21-7-6-16-22-14-5-4-13(19)10-15(14)23-16/h4-5,8-12H,6-7H2,1-3H3,(H,21,25)(H,22,23)/t12-/m1/s1. The van der Waals surface area contributed by atoms with Crippen LogP contribution >= 0.6 is 0 Å². The molecule has 2 N–H and O–H groups in total. The lowest BCUT2D eigenvalue weighted by Gasteiger charge is -2.17. The number of aromatic nitrogens is 4. The second kappa shape index (κ2) is 7.04. The number of benzene rings is 1. The number of H-pyrrole nitrogens is 1. The van der Waals surface area contributed by atoms with Gasteiger partial charge in [-0.3, -0.25) is 4.79 Å². The number of hydrogen-bond acceptors (Lipinski definition) is 3. The molecule has 1 amide bonds. The largest absolute Gasteiger partial charge is 0.354 e. The number of nitrogens with zero attached hydrogens (tertiary/aromatic N) is 3. The van der Waals surface area contributed by atoms with E-state index in [1.54, 1.807) is 12.3 Å². The molecule has 2 aromatic heterocycles. The predicted molar refractivity (Wildman–Crippen MR) is 93.8 cm³/mol. The maximum atomic E-state index is 13.2. The minimum Gasteiger partial charge on any atom is -0.354 e. The molecule has 0 bridgehead atoms. The topological polar surface area (TPSA) is 75.6 Å². The highest BCUT2D eigenvalue weighted by Crippen LogP contribution is 2.17. The highest BCUT2D eigenvalue weighted by Gasteiger charge is 2.18.